The van der Waals surface area contributed by atoms with E-state index in [1.54, 1.807) is 12.0 Å². The molecule has 2 unspecified atom stereocenters. The lowest BCUT2D eigenvalue weighted by Gasteiger charge is -2.31. The Morgan fingerprint density at radius 3 is 2.63 bits per heavy atom. The van der Waals surface area contributed by atoms with E-state index in [9.17, 15) is 14.7 Å². The zero-order valence-corrected chi connectivity index (χ0v) is 11.7. The van der Waals surface area contributed by atoms with Crippen LogP contribution in [0.1, 0.15) is 32.6 Å². The zero-order valence-electron chi connectivity index (χ0n) is 11.7. The molecule has 1 aliphatic rings. The standard InChI is InChI=1S/C13H24N2O4/c1-3-15(8-9-19-2)13(18)14-11-7-5-4-6-10(11)12(16)17/h10-11H,3-9H2,1-2H3,(H,14,18)(H,16,17). The molecule has 0 bridgehead atoms. The first-order valence-corrected chi connectivity index (χ1v) is 6.87. The molecule has 6 heteroatoms. The molecular formula is C13H24N2O4. The highest BCUT2D eigenvalue weighted by molar-refractivity contribution is 5.77. The summed E-state index contributed by atoms with van der Waals surface area (Å²) in [6, 6.07) is -0.451. The normalized spacial score (nSPS) is 22.8. The average molecular weight is 272 g/mol. The first-order chi connectivity index (χ1) is 9.10. The number of carboxylic acid groups (broad SMARTS) is 1. The van der Waals surface area contributed by atoms with Crippen LogP contribution in [0.2, 0.25) is 0 Å². The summed E-state index contributed by atoms with van der Waals surface area (Å²) in [4.78, 5) is 24.9. The Hall–Kier alpha value is -1.30. The molecule has 110 valence electrons. The Morgan fingerprint density at radius 2 is 2.05 bits per heavy atom. The minimum absolute atomic E-state index is 0.197. The molecule has 1 saturated carbocycles. The predicted molar refractivity (Wildman–Crippen MR) is 71.0 cm³/mol. The van der Waals surface area contributed by atoms with E-state index >= 15 is 0 Å². The smallest absolute Gasteiger partial charge is 0.317 e. The number of carbonyl (C=O) groups excluding carboxylic acids is 1. The summed E-state index contributed by atoms with van der Waals surface area (Å²) in [5.41, 5.74) is 0. The number of carboxylic acids is 1. The van der Waals surface area contributed by atoms with Gasteiger partial charge in [-0.05, 0) is 19.8 Å². The fraction of sp³-hybridized carbons (Fsp3) is 0.846. The van der Waals surface area contributed by atoms with Crippen LogP contribution in [0.25, 0.3) is 0 Å². The van der Waals surface area contributed by atoms with Crippen LogP contribution in [0.15, 0.2) is 0 Å². The van der Waals surface area contributed by atoms with Crippen molar-refractivity contribution in [2.24, 2.45) is 5.92 Å². The maximum atomic E-state index is 12.1. The van der Waals surface area contributed by atoms with Crippen molar-refractivity contribution in [2.75, 3.05) is 26.8 Å². The van der Waals surface area contributed by atoms with Crippen LogP contribution in [0.4, 0.5) is 4.79 Å². The average Bonchev–Trinajstić information content (AvgIpc) is 2.40. The largest absolute Gasteiger partial charge is 0.481 e. The van der Waals surface area contributed by atoms with Crippen LogP contribution in [0.3, 0.4) is 0 Å². The first kappa shape index (κ1) is 15.8. The number of likely N-dealkylation sites (N-methyl/N-ethyl adjacent to an activating group) is 1. The highest BCUT2D eigenvalue weighted by atomic mass is 16.5. The van der Waals surface area contributed by atoms with E-state index in [0.717, 1.165) is 19.3 Å². The van der Waals surface area contributed by atoms with Crippen molar-refractivity contribution in [2.45, 2.75) is 38.6 Å². The SMILES string of the molecule is CCN(CCOC)C(=O)NC1CCCCC1C(=O)O. The van der Waals surface area contributed by atoms with Crippen LogP contribution >= 0.6 is 0 Å². The molecule has 0 spiro atoms. The molecule has 0 aliphatic heterocycles. The molecular weight excluding hydrogens is 248 g/mol. The lowest BCUT2D eigenvalue weighted by Crippen LogP contribution is -2.50. The van der Waals surface area contributed by atoms with Gasteiger partial charge in [-0.2, -0.15) is 0 Å². The Kier molecular flexibility index (Phi) is 6.62. The van der Waals surface area contributed by atoms with E-state index in [4.69, 9.17) is 4.74 Å². The number of amides is 2. The second-order valence-corrected chi connectivity index (χ2v) is 4.86. The summed E-state index contributed by atoms with van der Waals surface area (Å²) in [6.07, 6.45) is 3.28. The van der Waals surface area contributed by atoms with Gasteiger partial charge in [0, 0.05) is 26.2 Å². The molecule has 2 N–H and O–H groups in total. The van der Waals surface area contributed by atoms with Crippen molar-refractivity contribution in [3.8, 4) is 0 Å². The predicted octanol–water partition coefficient (Wildman–Crippen LogP) is 1.31. The second-order valence-electron chi connectivity index (χ2n) is 4.86. The minimum Gasteiger partial charge on any atom is -0.481 e. The summed E-state index contributed by atoms with van der Waals surface area (Å²) >= 11 is 0. The van der Waals surface area contributed by atoms with Crippen molar-refractivity contribution >= 4 is 12.0 Å². The maximum absolute atomic E-state index is 12.1. The van der Waals surface area contributed by atoms with Gasteiger partial charge in [0.15, 0.2) is 0 Å². The molecule has 0 aromatic carbocycles. The molecule has 6 nitrogen and oxygen atoms in total. The summed E-state index contributed by atoms with van der Waals surface area (Å²) in [7, 11) is 1.59. The lowest BCUT2D eigenvalue weighted by atomic mass is 9.84. The van der Waals surface area contributed by atoms with Crippen LogP contribution in [0, 0.1) is 5.92 Å². The number of nitrogens with zero attached hydrogens (tertiary/aromatic N) is 1. The number of aliphatic carboxylic acids is 1. The molecule has 2 amide bonds. The number of urea groups is 1. The summed E-state index contributed by atoms with van der Waals surface area (Å²) in [6.45, 7) is 3.47. The Balaban J connectivity index is 2.54. The number of hydrogen-bond acceptors (Lipinski definition) is 3. The number of hydrogen-bond donors (Lipinski definition) is 2. The Morgan fingerprint density at radius 1 is 1.37 bits per heavy atom. The van der Waals surface area contributed by atoms with E-state index in [2.05, 4.69) is 5.32 Å². The van der Waals surface area contributed by atoms with Gasteiger partial charge in [-0.3, -0.25) is 4.79 Å². The van der Waals surface area contributed by atoms with E-state index in [0.29, 0.717) is 26.1 Å². The van der Waals surface area contributed by atoms with Gasteiger partial charge < -0.3 is 20.1 Å². The Labute approximate surface area is 114 Å². The molecule has 0 heterocycles. The number of methoxy groups -OCH3 is 1. The van der Waals surface area contributed by atoms with E-state index < -0.39 is 11.9 Å². The van der Waals surface area contributed by atoms with Gasteiger partial charge in [-0.15, -0.1) is 0 Å². The van der Waals surface area contributed by atoms with Crippen LogP contribution in [-0.4, -0.2) is 54.9 Å². The fourth-order valence-corrected chi connectivity index (χ4v) is 2.45. The van der Waals surface area contributed by atoms with Gasteiger partial charge in [0.2, 0.25) is 0 Å². The van der Waals surface area contributed by atoms with Gasteiger partial charge >= 0.3 is 12.0 Å². The zero-order chi connectivity index (χ0) is 14.3. The number of ether oxygens (including phenoxy) is 1. The highest BCUT2D eigenvalue weighted by Crippen LogP contribution is 2.24. The highest BCUT2D eigenvalue weighted by Gasteiger charge is 2.32. The topological polar surface area (TPSA) is 78.9 Å². The van der Waals surface area contributed by atoms with Gasteiger partial charge in [0.25, 0.3) is 0 Å². The summed E-state index contributed by atoms with van der Waals surface area (Å²) < 4.78 is 4.96. The van der Waals surface area contributed by atoms with Gasteiger partial charge in [-0.25, -0.2) is 4.79 Å². The number of nitrogens with one attached hydrogen (secondary N) is 1. The van der Waals surface area contributed by atoms with Crippen molar-refractivity contribution in [3.63, 3.8) is 0 Å². The van der Waals surface area contributed by atoms with Crippen molar-refractivity contribution in [1.82, 2.24) is 10.2 Å². The second kappa shape index (κ2) is 7.99. The molecule has 0 aromatic heterocycles. The molecule has 1 aliphatic carbocycles. The minimum atomic E-state index is -0.815. The van der Waals surface area contributed by atoms with Gasteiger partial charge in [-0.1, -0.05) is 12.8 Å². The van der Waals surface area contributed by atoms with Crippen LogP contribution in [0.5, 0.6) is 0 Å². The number of rotatable bonds is 6. The summed E-state index contributed by atoms with van der Waals surface area (Å²) in [5.74, 6) is -1.27. The molecule has 1 fully saturated rings. The molecule has 0 radical (unpaired) electrons. The number of carbonyl (C=O) groups is 2. The maximum Gasteiger partial charge on any atom is 0.317 e. The van der Waals surface area contributed by atoms with Gasteiger partial charge in [0.1, 0.15) is 0 Å². The Bertz CT molecular complexity index is 309. The van der Waals surface area contributed by atoms with Crippen LogP contribution < -0.4 is 5.32 Å². The van der Waals surface area contributed by atoms with Crippen molar-refractivity contribution < 1.29 is 19.4 Å². The van der Waals surface area contributed by atoms with Crippen LogP contribution in [-0.2, 0) is 9.53 Å². The quantitative estimate of drug-likeness (QED) is 0.764. The third-order valence-corrected chi connectivity index (χ3v) is 3.63. The monoisotopic (exact) mass is 272 g/mol. The van der Waals surface area contributed by atoms with E-state index in [1.165, 1.54) is 0 Å². The molecule has 19 heavy (non-hydrogen) atoms. The van der Waals surface area contributed by atoms with Gasteiger partial charge in [0.05, 0.1) is 12.5 Å². The molecule has 2 atom stereocenters. The van der Waals surface area contributed by atoms with Crippen molar-refractivity contribution in [3.05, 3.63) is 0 Å². The molecule has 0 saturated heterocycles. The molecule has 1 rings (SSSR count). The third kappa shape index (κ3) is 4.70. The van der Waals surface area contributed by atoms with Crippen molar-refractivity contribution in [1.29, 1.82) is 0 Å². The fourth-order valence-electron chi connectivity index (χ4n) is 2.45. The first-order valence-electron chi connectivity index (χ1n) is 6.87. The molecule has 0 aromatic rings. The van der Waals surface area contributed by atoms with E-state index in [-0.39, 0.29) is 12.1 Å². The van der Waals surface area contributed by atoms with E-state index in [1.807, 2.05) is 6.92 Å². The summed E-state index contributed by atoms with van der Waals surface area (Å²) in [5, 5.41) is 12.0. The third-order valence-electron chi connectivity index (χ3n) is 3.63. The lowest BCUT2D eigenvalue weighted by molar-refractivity contribution is -0.143.